The average molecular weight is 1360 g/mol. The molecule has 7 fully saturated rings. The lowest BCUT2D eigenvalue weighted by Crippen LogP contribution is -2.69. The predicted molar refractivity (Wildman–Crippen MR) is 329 cm³/mol. The molecule has 94 heavy (non-hydrogen) atoms. The van der Waals surface area contributed by atoms with Gasteiger partial charge >= 0.3 is 0 Å². The Morgan fingerprint density at radius 3 is 1.65 bits per heavy atom. The van der Waals surface area contributed by atoms with E-state index in [0.29, 0.717) is 25.7 Å². The van der Waals surface area contributed by atoms with Gasteiger partial charge in [0.15, 0.2) is 5.79 Å². The lowest BCUT2D eigenvalue weighted by atomic mass is 9.51. The molecule has 0 aromatic heterocycles. The van der Waals surface area contributed by atoms with E-state index in [4.69, 9.17) is 42.6 Å². The maximum atomic E-state index is 12.4. The van der Waals surface area contributed by atoms with Gasteiger partial charge < -0.3 is 140 Å². The molecular weight excluding hydrogens is 1240 g/mol. The molecule has 3 saturated carbocycles. The molecule has 28 heteroatoms. The molecule has 0 bridgehead atoms. The summed E-state index contributed by atoms with van der Waals surface area (Å²) in [6, 6.07) is 0. The van der Waals surface area contributed by atoms with Crippen LogP contribution in [0.3, 0.4) is 0 Å². The van der Waals surface area contributed by atoms with Crippen LogP contribution in [0.4, 0.5) is 0 Å². The third kappa shape index (κ3) is 15.8. The Morgan fingerprint density at radius 2 is 1.10 bits per heavy atom. The normalized spacial score (nSPS) is 49.4. The molecule has 0 spiro atoms. The summed E-state index contributed by atoms with van der Waals surface area (Å²) < 4.78 is 55.0. The molecule has 8 rings (SSSR count). The van der Waals surface area contributed by atoms with Crippen molar-refractivity contribution in [1.82, 2.24) is 0 Å². The van der Waals surface area contributed by atoms with E-state index in [1.807, 2.05) is 0 Å². The standard InChI is InChI=1S/C66H116O28/c1-29(12-14-44(62(6,7)85)88-25-42-56(94-66(11)60(84)55(80)49(74)40(22-69)93-66)51(76)50(75)41(90-42)24-87-28-65(10)59(83)54(79)48(73)39(21-68)92-65)31(3)32-17-35-30(2)16-36-34(45(35)37(70)18-32)13-15-43(61(36,4)5)89-26-63(8)19-33(46(71)52(77)57(63)81)23-86-27-64(9)58(82)53(78)47(72)38(20-67)91-64/h16,29-35,37-60,67-85H,12-15,17-28H2,1-11H3/t29?,30-,31+,32?,33?,34?,35?,37?,38?,39?,40?,41?,42-,43?,44?,45?,46-,47-,48+,49+,50+,51?,52-,53-,54?,55?,56+,57?,58?,59-,60-,63+,64+,65-,66-/m1/s1. The molecule has 0 amide bonds. The summed E-state index contributed by atoms with van der Waals surface area (Å²) in [5.41, 5.74) is -4.92. The summed E-state index contributed by atoms with van der Waals surface area (Å²) in [4.78, 5) is 0. The van der Waals surface area contributed by atoms with Gasteiger partial charge in [-0.2, -0.15) is 0 Å². The average Bonchev–Trinajstić information content (AvgIpc) is 0.731. The van der Waals surface area contributed by atoms with Crippen molar-refractivity contribution < 1.29 is 140 Å². The molecule has 4 heterocycles. The van der Waals surface area contributed by atoms with Crippen molar-refractivity contribution in [2.24, 2.45) is 58.2 Å². The highest BCUT2D eigenvalue weighted by Crippen LogP contribution is 2.59. The fraction of sp³-hybridized carbons (Fsp3) is 0.970. The van der Waals surface area contributed by atoms with Crippen LogP contribution in [0.1, 0.15) is 121 Å². The van der Waals surface area contributed by atoms with Crippen molar-refractivity contribution in [1.29, 1.82) is 0 Å². The summed E-state index contributed by atoms with van der Waals surface area (Å²) in [6.07, 6.45) is -26.6. The van der Waals surface area contributed by atoms with E-state index < -0.39 is 213 Å². The Bertz CT molecular complexity index is 2440. The van der Waals surface area contributed by atoms with Crippen LogP contribution < -0.4 is 0 Å². The SMILES string of the molecule is CC(CCC(OC[C@H]1OC(COC[C@@]2(C)OC(CO)[C@H](O)C(O)[C@H]2O)[C@H](O)C(O)[C@H]1O[C@@]1(C)OC(CO)[C@H](O)C(O)[C@H]1O)C(C)(C)O)[C@H](C)C1CC(O)C2C3CCC(OC[C@]4(C)CC(COC[C@]5(C)OC(CO)[C@@H](O)[C@@H](O)C5O)[C@@H](O)[C@@H](O)C4O)C(C)(C)C3=C[C@@H](C)C2C1. The van der Waals surface area contributed by atoms with Crippen molar-refractivity contribution in [2.75, 3.05) is 59.5 Å². The van der Waals surface area contributed by atoms with Crippen LogP contribution in [-0.4, -0.2) is 319 Å². The van der Waals surface area contributed by atoms with Gasteiger partial charge in [0.2, 0.25) is 0 Å². The number of rotatable bonds is 25. The fourth-order valence-corrected chi connectivity index (χ4v) is 17.1. The number of aliphatic hydroxyl groups excluding tert-OH is 18. The number of aliphatic hydroxyl groups is 19. The third-order valence-electron chi connectivity index (χ3n) is 23.6. The van der Waals surface area contributed by atoms with Gasteiger partial charge in [-0.3, -0.25) is 0 Å². The third-order valence-corrected chi connectivity index (χ3v) is 23.6. The maximum Gasteiger partial charge on any atom is 0.195 e. The first-order chi connectivity index (χ1) is 43.7. The first-order valence-electron chi connectivity index (χ1n) is 34.0. The largest absolute Gasteiger partial charge is 0.394 e. The van der Waals surface area contributed by atoms with Gasteiger partial charge in [0.05, 0.1) is 95.6 Å². The molecule has 28 nitrogen and oxygen atoms in total. The van der Waals surface area contributed by atoms with Gasteiger partial charge in [-0.25, -0.2) is 0 Å². The van der Waals surface area contributed by atoms with Crippen molar-refractivity contribution >= 4 is 0 Å². The van der Waals surface area contributed by atoms with Crippen LogP contribution in [0.2, 0.25) is 0 Å². The van der Waals surface area contributed by atoms with Gasteiger partial charge in [-0.1, -0.05) is 53.2 Å². The predicted octanol–water partition coefficient (Wildman–Crippen LogP) is -3.73. The highest BCUT2D eigenvalue weighted by molar-refractivity contribution is 5.28. The van der Waals surface area contributed by atoms with E-state index in [1.54, 1.807) is 20.8 Å². The van der Waals surface area contributed by atoms with Gasteiger partial charge in [0.25, 0.3) is 0 Å². The van der Waals surface area contributed by atoms with Crippen LogP contribution in [0.15, 0.2) is 11.6 Å². The molecule has 19 N–H and O–H groups in total. The Labute approximate surface area is 551 Å². The molecule has 8 aliphatic rings. The lowest BCUT2D eigenvalue weighted by molar-refractivity contribution is -0.391. The van der Waals surface area contributed by atoms with E-state index in [9.17, 15) is 97.0 Å². The summed E-state index contributed by atoms with van der Waals surface area (Å²) >= 11 is 0. The van der Waals surface area contributed by atoms with Crippen molar-refractivity contribution in [3.8, 4) is 0 Å². The van der Waals surface area contributed by atoms with Crippen LogP contribution >= 0.6 is 0 Å². The molecule has 0 radical (unpaired) electrons. The first-order valence-corrected chi connectivity index (χ1v) is 34.0. The van der Waals surface area contributed by atoms with E-state index in [2.05, 4.69) is 40.7 Å². The number of hydrogen-bond acceptors (Lipinski definition) is 28. The summed E-state index contributed by atoms with van der Waals surface area (Å²) in [6.45, 7) is 16.2. The molecule has 18 unspecified atom stereocenters. The van der Waals surface area contributed by atoms with Gasteiger partial charge in [-0.05, 0) is 121 Å². The molecule has 4 aliphatic carbocycles. The van der Waals surface area contributed by atoms with Crippen molar-refractivity contribution in [3.63, 3.8) is 0 Å². The van der Waals surface area contributed by atoms with Crippen molar-refractivity contribution in [2.45, 2.75) is 284 Å². The number of fused-ring (bicyclic) bond motifs is 3. The van der Waals surface area contributed by atoms with E-state index in [1.165, 1.54) is 26.3 Å². The smallest absolute Gasteiger partial charge is 0.195 e. The fourth-order valence-electron chi connectivity index (χ4n) is 17.1. The second-order valence-electron chi connectivity index (χ2n) is 31.4. The number of ether oxygens (including phenoxy) is 9. The minimum atomic E-state index is -2.22. The Hall–Kier alpha value is -1.38. The quantitative estimate of drug-likeness (QED) is 0.0391. The number of allylic oxidation sites excluding steroid dienone is 1. The summed E-state index contributed by atoms with van der Waals surface area (Å²) in [5.74, 6) is -2.19. The monoisotopic (exact) mass is 1360 g/mol. The number of hydrogen-bond donors (Lipinski definition) is 19. The molecule has 4 aliphatic heterocycles. The molecular formula is C66H116O28. The van der Waals surface area contributed by atoms with Crippen LogP contribution in [0.5, 0.6) is 0 Å². The summed E-state index contributed by atoms with van der Waals surface area (Å²) in [7, 11) is 0. The van der Waals surface area contributed by atoms with E-state index in [-0.39, 0.29) is 73.8 Å². The van der Waals surface area contributed by atoms with Crippen LogP contribution in [0.25, 0.3) is 0 Å². The molecule has 0 aromatic rings. The molecule has 4 saturated heterocycles. The lowest BCUT2D eigenvalue weighted by Gasteiger charge is -2.56. The Balaban J connectivity index is 0.890. The molecule has 0 aromatic carbocycles. The van der Waals surface area contributed by atoms with Crippen LogP contribution in [-0.2, 0) is 42.6 Å². The van der Waals surface area contributed by atoms with Crippen molar-refractivity contribution in [3.05, 3.63) is 11.6 Å². The van der Waals surface area contributed by atoms with Gasteiger partial charge in [-0.15, -0.1) is 0 Å². The zero-order chi connectivity index (χ0) is 69.9. The van der Waals surface area contributed by atoms with E-state index >= 15 is 0 Å². The molecule has 548 valence electrons. The minimum absolute atomic E-state index is 0.00288. The van der Waals surface area contributed by atoms with E-state index in [0.717, 1.165) is 12.8 Å². The first kappa shape index (κ1) is 78.3. The maximum absolute atomic E-state index is 12.4. The zero-order valence-electron chi connectivity index (χ0n) is 56.5. The highest BCUT2D eigenvalue weighted by atomic mass is 16.7. The minimum Gasteiger partial charge on any atom is -0.394 e. The topological polar surface area (TPSA) is 467 Å². The highest BCUT2D eigenvalue weighted by Gasteiger charge is 2.60. The zero-order valence-corrected chi connectivity index (χ0v) is 56.5. The summed E-state index contributed by atoms with van der Waals surface area (Å²) in [5, 5.41) is 207. The second kappa shape index (κ2) is 30.7. The molecule has 35 atom stereocenters. The van der Waals surface area contributed by atoms with Crippen LogP contribution in [0, 0.1) is 58.2 Å². The van der Waals surface area contributed by atoms with Gasteiger partial charge in [0, 0.05) is 16.7 Å². The van der Waals surface area contributed by atoms with Gasteiger partial charge in [0.1, 0.15) is 121 Å². The Morgan fingerprint density at radius 1 is 0.574 bits per heavy atom. The second-order valence-corrected chi connectivity index (χ2v) is 31.4. The Kier molecular flexibility index (Phi) is 25.6.